The van der Waals surface area contributed by atoms with E-state index in [9.17, 15) is 9.59 Å². The first-order valence-electron chi connectivity index (χ1n) is 11.5. The van der Waals surface area contributed by atoms with E-state index in [1.165, 1.54) is 0 Å². The van der Waals surface area contributed by atoms with Gasteiger partial charge < -0.3 is 19.9 Å². The highest BCUT2D eigenvalue weighted by atomic mass is 16.5. The maximum absolute atomic E-state index is 12.4. The van der Waals surface area contributed by atoms with Gasteiger partial charge in [-0.15, -0.1) is 0 Å². The third kappa shape index (κ3) is 6.51. The van der Waals surface area contributed by atoms with E-state index in [4.69, 9.17) is 14.6 Å². The molecule has 1 amide bonds. The van der Waals surface area contributed by atoms with Gasteiger partial charge in [-0.1, -0.05) is 84.9 Å². The first kappa shape index (κ1) is 24.5. The molecule has 0 heterocycles. The summed E-state index contributed by atoms with van der Waals surface area (Å²) in [7, 11) is 1.57. The molecule has 4 aromatic rings. The molecular formula is C30H27NO5. The highest BCUT2D eigenvalue weighted by Crippen LogP contribution is 2.27. The van der Waals surface area contributed by atoms with E-state index in [1.54, 1.807) is 13.2 Å². The fourth-order valence-electron chi connectivity index (χ4n) is 3.92. The van der Waals surface area contributed by atoms with Crippen molar-refractivity contribution in [2.24, 2.45) is 0 Å². The smallest absolute Gasteiger partial charge is 0.407 e. The number of carboxylic acids is 1. The van der Waals surface area contributed by atoms with Crippen LogP contribution in [-0.2, 0) is 29.1 Å². The number of hydrogen-bond acceptors (Lipinski definition) is 4. The molecule has 0 atom stereocenters. The molecule has 0 aliphatic heterocycles. The lowest BCUT2D eigenvalue weighted by atomic mass is 9.99. The number of amides is 1. The minimum Gasteiger partial charge on any atom is -0.496 e. The van der Waals surface area contributed by atoms with E-state index in [-0.39, 0.29) is 19.6 Å². The number of alkyl carbamates (subject to hydrolysis) is 1. The van der Waals surface area contributed by atoms with Crippen molar-refractivity contribution in [2.75, 3.05) is 7.11 Å². The topological polar surface area (TPSA) is 84.9 Å². The minimum atomic E-state index is -0.877. The van der Waals surface area contributed by atoms with Crippen LogP contribution < -0.4 is 10.1 Å². The quantitative estimate of drug-likeness (QED) is 0.303. The molecule has 0 aliphatic carbocycles. The lowest BCUT2D eigenvalue weighted by molar-refractivity contribution is -0.136. The summed E-state index contributed by atoms with van der Waals surface area (Å²) < 4.78 is 10.8. The average molecular weight is 482 g/mol. The molecule has 0 spiro atoms. The number of aliphatic carboxylic acids is 1. The first-order chi connectivity index (χ1) is 17.5. The van der Waals surface area contributed by atoms with Crippen LogP contribution in [0.4, 0.5) is 4.79 Å². The number of hydrogen-bond donors (Lipinski definition) is 2. The Hall–Kier alpha value is -4.58. The fraction of sp³-hybridized carbons (Fsp3) is 0.133. The zero-order valence-electron chi connectivity index (χ0n) is 19.9. The van der Waals surface area contributed by atoms with Crippen molar-refractivity contribution >= 4 is 12.1 Å². The van der Waals surface area contributed by atoms with Gasteiger partial charge in [0.1, 0.15) is 12.4 Å². The molecule has 0 bridgehead atoms. The Bertz CT molecular complexity index is 1330. The molecule has 6 nitrogen and oxygen atoms in total. The predicted octanol–water partition coefficient (Wildman–Crippen LogP) is 6.08. The van der Waals surface area contributed by atoms with Crippen molar-refractivity contribution in [2.45, 2.75) is 19.6 Å². The van der Waals surface area contributed by atoms with Crippen LogP contribution in [0.5, 0.6) is 5.75 Å². The fourth-order valence-corrected chi connectivity index (χ4v) is 3.92. The van der Waals surface area contributed by atoms with Gasteiger partial charge in [0.25, 0.3) is 0 Å². The van der Waals surface area contributed by atoms with Crippen molar-refractivity contribution in [1.82, 2.24) is 5.32 Å². The summed E-state index contributed by atoms with van der Waals surface area (Å²) in [6.07, 6.45) is -0.572. The molecule has 0 radical (unpaired) electrons. The van der Waals surface area contributed by atoms with Gasteiger partial charge in [0, 0.05) is 12.1 Å². The second-order valence-corrected chi connectivity index (χ2v) is 8.29. The molecule has 0 aliphatic rings. The highest BCUT2D eigenvalue weighted by Gasteiger charge is 2.10. The third-order valence-electron chi connectivity index (χ3n) is 5.75. The largest absolute Gasteiger partial charge is 0.496 e. The molecule has 36 heavy (non-hydrogen) atoms. The summed E-state index contributed by atoms with van der Waals surface area (Å²) in [6, 6.07) is 31.0. The van der Waals surface area contributed by atoms with Crippen LogP contribution in [0.2, 0.25) is 0 Å². The summed E-state index contributed by atoms with van der Waals surface area (Å²) in [6.45, 7) is 0.381. The normalized spacial score (nSPS) is 10.5. The lowest BCUT2D eigenvalue weighted by Crippen LogP contribution is -2.23. The van der Waals surface area contributed by atoms with Crippen LogP contribution in [-0.4, -0.2) is 24.3 Å². The summed E-state index contributed by atoms with van der Waals surface area (Å²) >= 11 is 0. The maximum Gasteiger partial charge on any atom is 0.407 e. The number of carbonyl (C=O) groups is 2. The van der Waals surface area contributed by atoms with Crippen molar-refractivity contribution < 1.29 is 24.2 Å². The van der Waals surface area contributed by atoms with Gasteiger partial charge in [-0.25, -0.2) is 4.79 Å². The third-order valence-corrected chi connectivity index (χ3v) is 5.75. The SMILES string of the molecule is COc1ccc(-c2cccc(CC(=O)O)c2)cc1CNC(=O)OCc1ccc(-c2ccccc2)cc1. The van der Waals surface area contributed by atoms with Crippen molar-refractivity contribution in [3.05, 3.63) is 114 Å². The van der Waals surface area contributed by atoms with Gasteiger partial charge in [-0.2, -0.15) is 0 Å². The van der Waals surface area contributed by atoms with Gasteiger partial charge in [0.05, 0.1) is 13.5 Å². The molecule has 2 N–H and O–H groups in total. The summed E-state index contributed by atoms with van der Waals surface area (Å²) in [5.41, 5.74) is 6.41. The second kappa shape index (κ2) is 11.7. The Kier molecular flexibility index (Phi) is 7.98. The second-order valence-electron chi connectivity index (χ2n) is 8.29. The molecule has 0 unspecified atom stereocenters. The van der Waals surface area contributed by atoms with Gasteiger partial charge >= 0.3 is 12.1 Å². The molecule has 0 fully saturated rings. The molecule has 6 heteroatoms. The number of nitrogens with one attached hydrogen (secondary N) is 1. The summed E-state index contributed by atoms with van der Waals surface area (Å²) in [4.78, 5) is 23.4. The Balaban J connectivity index is 1.36. The van der Waals surface area contributed by atoms with Gasteiger partial charge in [0.2, 0.25) is 0 Å². The molecule has 4 aromatic carbocycles. The van der Waals surface area contributed by atoms with E-state index < -0.39 is 12.1 Å². The Morgan fingerprint density at radius 2 is 1.42 bits per heavy atom. The molecule has 0 saturated carbocycles. The Morgan fingerprint density at radius 1 is 0.750 bits per heavy atom. The van der Waals surface area contributed by atoms with Crippen LogP contribution in [0.15, 0.2) is 97.1 Å². The summed E-state index contributed by atoms with van der Waals surface area (Å²) in [5, 5.41) is 11.8. The molecule has 0 saturated heterocycles. The zero-order chi connectivity index (χ0) is 25.3. The Morgan fingerprint density at radius 3 is 2.14 bits per heavy atom. The van der Waals surface area contributed by atoms with Crippen LogP contribution in [0.25, 0.3) is 22.3 Å². The van der Waals surface area contributed by atoms with Crippen LogP contribution in [0.1, 0.15) is 16.7 Å². The first-order valence-corrected chi connectivity index (χ1v) is 11.5. The number of carbonyl (C=O) groups excluding carboxylic acids is 1. The van der Waals surface area contributed by atoms with E-state index in [2.05, 4.69) is 17.4 Å². The molecule has 182 valence electrons. The number of rotatable bonds is 9. The predicted molar refractivity (Wildman–Crippen MR) is 139 cm³/mol. The number of carboxylic acid groups (broad SMARTS) is 1. The minimum absolute atomic E-state index is 0.0424. The van der Waals surface area contributed by atoms with Crippen molar-refractivity contribution in [3.63, 3.8) is 0 Å². The van der Waals surface area contributed by atoms with E-state index >= 15 is 0 Å². The van der Waals surface area contributed by atoms with E-state index in [1.807, 2.05) is 78.9 Å². The molecular weight excluding hydrogens is 454 g/mol. The highest BCUT2D eigenvalue weighted by molar-refractivity contribution is 5.73. The molecule has 4 rings (SSSR count). The van der Waals surface area contributed by atoms with Gasteiger partial charge in [0.15, 0.2) is 0 Å². The van der Waals surface area contributed by atoms with Crippen LogP contribution >= 0.6 is 0 Å². The summed E-state index contributed by atoms with van der Waals surface area (Å²) in [5.74, 6) is -0.241. The van der Waals surface area contributed by atoms with E-state index in [0.29, 0.717) is 5.75 Å². The van der Waals surface area contributed by atoms with E-state index in [0.717, 1.165) is 38.9 Å². The molecule has 0 aromatic heterocycles. The van der Waals surface area contributed by atoms with Crippen LogP contribution in [0, 0.1) is 0 Å². The Labute approximate surface area is 210 Å². The maximum atomic E-state index is 12.4. The van der Waals surface area contributed by atoms with Crippen molar-refractivity contribution in [1.29, 1.82) is 0 Å². The lowest BCUT2D eigenvalue weighted by Gasteiger charge is -2.13. The van der Waals surface area contributed by atoms with Crippen molar-refractivity contribution in [3.8, 4) is 28.0 Å². The number of methoxy groups -OCH3 is 1. The van der Waals surface area contributed by atoms with Gasteiger partial charge in [-0.3, -0.25) is 4.79 Å². The standard InChI is InChI=1S/C30H27NO5/c1-35-28-15-14-26(25-9-5-6-22(16-25)17-29(32)33)18-27(28)19-31-30(34)36-20-21-10-12-24(13-11-21)23-7-3-2-4-8-23/h2-16,18H,17,19-20H2,1H3,(H,31,34)(H,32,33). The monoisotopic (exact) mass is 481 g/mol. The van der Waals surface area contributed by atoms with Crippen LogP contribution in [0.3, 0.4) is 0 Å². The zero-order valence-corrected chi connectivity index (χ0v) is 19.9. The average Bonchev–Trinajstić information content (AvgIpc) is 2.91. The number of ether oxygens (including phenoxy) is 2. The van der Waals surface area contributed by atoms with Gasteiger partial charge in [-0.05, 0) is 45.5 Å². The number of benzene rings is 4.